The topological polar surface area (TPSA) is 93.6 Å². The van der Waals surface area contributed by atoms with Gasteiger partial charge in [0, 0.05) is 24.9 Å². The van der Waals surface area contributed by atoms with Crippen LogP contribution in [0.15, 0.2) is 18.2 Å². The third-order valence-electron chi connectivity index (χ3n) is 5.55. The van der Waals surface area contributed by atoms with Gasteiger partial charge < -0.3 is 19.7 Å². The number of amides is 2. The molecule has 1 aromatic heterocycles. The van der Waals surface area contributed by atoms with Gasteiger partial charge in [0.05, 0.1) is 25.8 Å². The molecule has 1 aliphatic heterocycles. The number of benzene rings is 1. The molecule has 1 saturated carbocycles. The van der Waals surface area contributed by atoms with E-state index in [1.165, 1.54) is 24.2 Å². The van der Waals surface area contributed by atoms with Gasteiger partial charge in [-0.15, -0.1) is 10.2 Å². The van der Waals surface area contributed by atoms with E-state index in [9.17, 15) is 9.59 Å². The zero-order valence-electron chi connectivity index (χ0n) is 16.5. The Kier molecular flexibility index (Phi) is 5.66. The molecule has 4 rings (SSSR count). The van der Waals surface area contributed by atoms with Crippen LogP contribution in [-0.2, 0) is 9.59 Å². The van der Waals surface area contributed by atoms with Gasteiger partial charge in [-0.3, -0.25) is 9.59 Å². The van der Waals surface area contributed by atoms with Gasteiger partial charge in [0.2, 0.25) is 16.9 Å². The minimum atomic E-state index is -0.451. The maximum absolute atomic E-state index is 12.7. The lowest BCUT2D eigenvalue weighted by atomic mass is 10.1. The van der Waals surface area contributed by atoms with Crippen LogP contribution in [0.2, 0.25) is 0 Å². The number of carbonyl (C=O) groups is 2. The van der Waals surface area contributed by atoms with Crippen LogP contribution < -0.4 is 19.7 Å². The Balaban J connectivity index is 1.43. The molecule has 1 aromatic carbocycles. The van der Waals surface area contributed by atoms with E-state index in [2.05, 4.69) is 15.5 Å². The van der Waals surface area contributed by atoms with E-state index < -0.39 is 5.92 Å². The number of hydrogen-bond acceptors (Lipinski definition) is 7. The van der Waals surface area contributed by atoms with Crippen LogP contribution in [-0.4, -0.2) is 42.8 Å². The fourth-order valence-electron chi connectivity index (χ4n) is 3.95. The van der Waals surface area contributed by atoms with E-state index in [-0.39, 0.29) is 18.2 Å². The number of carbonyl (C=O) groups excluding carboxylic acids is 2. The maximum atomic E-state index is 12.7. The van der Waals surface area contributed by atoms with Crippen molar-refractivity contribution in [3.8, 4) is 11.5 Å². The second kappa shape index (κ2) is 8.36. The van der Waals surface area contributed by atoms with E-state index in [1.807, 2.05) is 0 Å². The molecule has 2 fully saturated rings. The highest BCUT2D eigenvalue weighted by Gasteiger charge is 2.37. The highest BCUT2D eigenvalue weighted by Crippen LogP contribution is 2.38. The highest BCUT2D eigenvalue weighted by atomic mass is 32.1. The lowest BCUT2D eigenvalue weighted by Crippen LogP contribution is -2.28. The summed E-state index contributed by atoms with van der Waals surface area (Å²) >= 11 is 1.44. The van der Waals surface area contributed by atoms with Crippen LogP contribution in [0.25, 0.3) is 0 Å². The molecule has 2 aliphatic rings. The summed E-state index contributed by atoms with van der Waals surface area (Å²) in [5, 5.41) is 12.7. The fraction of sp³-hybridized carbons (Fsp3) is 0.500. The minimum absolute atomic E-state index is 0.113. The average molecular weight is 417 g/mol. The van der Waals surface area contributed by atoms with Crippen LogP contribution in [0.3, 0.4) is 0 Å². The number of aromatic nitrogens is 2. The van der Waals surface area contributed by atoms with Crippen molar-refractivity contribution in [2.75, 3.05) is 31.0 Å². The molecular formula is C20H24N4O4S. The van der Waals surface area contributed by atoms with Gasteiger partial charge >= 0.3 is 0 Å². The second-order valence-corrected chi connectivity index (χ2v) is 8.37. The van der Waals surface area contributed by atoms with Crippen LogP contribution in [0.4, 0.5) is 10.8 Å². The van der Waals surface area contributed by atoms with Crippen molar-refractivity contribution in [2.45, 2.75) is 38.0 Å². The van der Waals surface area contributed by atoms with Crippen molar-refractivity contribution in [2.24, 2.45) is 5.92 Å². The SMILES string of the molecule is COc1ccc(N2C[C@H](C(=O)Nc3nnc(C4CCCC4)s3)CC2=O)c(OC)c1. The van der Waals surface area contributed by atoms with Gasteiger partial charge in [0.25, 0.3) is 0 Å². The maximum Gasteiger partial charge on any atom is 0.231 e. The third kappa shape index (κ3) is 4.05. The molecule has 1 aliphatic carbocycles. The van der Waals surface area contributed by atoms with Gasteiger partial charge in [-0.05, 0) is 25.0 Å². The first-order valence-electron chi connectivity index (χ1n) is 9.75. The molecule has 0 spiro atoms. The molecule has 9 heteroatoms. The fourth-order valence-corrected chi connectivity index (χ4v) is 4.87. The third-order valence-corrected chi connectivity index (χ3v) is 6.55. The van der Waals surface area contributed by atoms with E-state index in [1.54, 1.807) is 37.3 Å². The van der Waals surface area contributed by atoms with Crippen LogP contribution in [0.1, 0.15) is 43.0 Å². The molecule has 2 amide bonds. The summed E-state index contributed by atoms with van der Waals surface area (Å²) in [7, 11) is 3.11. The summed E-state index contributed by atoms with van der Waals surface area (Å²) < 4.78 is 10.6. The van der Waals surface area contributed by atoms with E-state index >= 15 is 0 Å². The number of methoxy groups -OCH3 is 2. The van der Waals surface area contributed by atoms with Crippen molar-refractivity contribution in [3.05, 3.63) is 23.2 Å². The predicted molar refractivity (Wildman–Crippen MR) is 110 cm³/mol. The minimum Gasteiger partial charge on any atom is -0.497 e. The molecule has 0 radical (unpaired) electrons. The smallest absolute Gasteiger partial charge is 0.231 e. The van der Waals surface area contributed by atoms with Gasteiger partial charge in [0.15, 0.2) is 0 Å². The van der Waals surface area contributed by atoms with E-state index in [0.717, 1.165) is 17.8 Å². The molecule has 154 valence electrons. The Morgan fingerprint density at radius 3 is 2.72 bits per heavy atom. The van der Waals surface area contributed by atoms with E-state index in [4.69, 9.17) is 9.47 Å². The molecule has 2 aromatic rings. The summed E-state index contributed by atoms with van der Waals surface area (Å²) in [5.74, 6) is 0.863. The molecule has 0 bridgehead atoms. The molecular weight excluding hydrogens is 392 g/mol. The summed E-state index contributed by atoms with van der Waals surface area (Å²) in [6.45, 7) is 0.293. The lowest BCUT2D eigenvalue weighted by Gasteiger charge is -2.20. The summed E-state index contributed by atoms with van der Waals surface area (Å²) in [6.07, 6.45) is 4.87. The molecule has 1 N–H and O–H groups in total. The number of rotatable bonds is 6. The Bertz CT molecular complexity index is 910. The molecule has 1 atom stereocenters. The quantitative estimate of drug-likeness (QED) is 0.777. The Morgan fingerprint density at radius 2 is 2.00 bits per heavy atom. The van der Waals surface area contributed by atoms with Crippen molar-refractivity contribution in [1.29, 1.82) is 0 Å². The lowest BCUT2D eigenvalue weighted by molar-refractivity contribution is -0.122. The Labute approximate surface area is 173 Å². The zero-order chi connectivity index (χ0) is 20.4. The van der Waals surface area contributed by atoms with Crippen LogP contribution >= 0.6 is 11.3 Å². The number of nitrogens with one attached hydrogen (secondary N) is 1. The Morgan fingerprint density at radius 1 is 1.21 bits per heavy atom. The molecule has 1 saturated heterocycles. The standard InChI is InChI=1S/C20H24N4O4S/c1-27-14-7-8-15(16(10-14)28-2)24-11-13(9-17(24)25)18(26)21-20-23-22-19(29-20)12-5-3-4-6-12/h7-8,10,12-13H,3-6,9,11H2,1-2H3,(H,21,23,26)/t13-/m1/s1. The summed E-state index contributed by atoms with van der Waals surface area (Å²) in [6, 6.07) is 5.26. The van der Waals surface area contributed by atoms with Crippen molar-refractivity contribution in [3.63, 3.8) is 0 Å². The Hall–Kier alpha value is -2.68. The van der Waals surface area contributed by atoms with Crippen LogP contribution in [0.5, 0.6) is 11.5 Å². The number of anilines is 2. The van der Waals surface area contributed by atoms with Gasteiger partial charge in [-0.25, -0.2) is 0 Å². The molecule has 2 heterocycles. The average Bonchev–Trinajstić information content (AvgIpc) is 3.48. The molecule has 29 heavy (non-hydrogen) atoms. The normalized spacial score (nSPS) is 19.6. The van der Waals surface area contributed by atoms with Gasteiger partial charge in [0.1, 0.15) is 16.5 Å². The number of ether oxygens (including phenoxy) is 2. The zero-order valence-corrected chi connectivity index (χ0v) is 17.3. The predicted octanol–water partition coefficient (Wildman–Crippen LogP) is 3.20. The van der Waals surface area contributed by atoms with Crippen molar-refractivity contribution in [1.82, 2.24) is 10.2 Å². The molecule has 8 nitrogen and oxygen atoms in total. The first kappa shape index (κ1) is 19.6. The number of nitrogens with zero attached hydrogens (tertiary/aromatic N) is 3. The second-order valence-electron chi connectivity index (χ2n) is 7.36. The first-order valence-corrected chi connectivity index (χ1v) is 10.6. The van der Waals surface area contributed by atoms with Crippen LogP contribution in [0, 0.1) is 5.92 Å². The van der Waals surface area contributed by atoms with E-state index in [0.29, 0.717) is 34.8 Å². The summed E-state index contributed by atoms with van der Waals surface area (Å²) in [5.41, 5.74) is 0.632. The largest absolute Gasteiger partial charge is 0.497 e. The summed E-state index contributed by atoms with van der Waals surface area (Å²) in [4.78, 5) is 26.9. The molecule has 0 unspecified atom stereocenters. The monoisotopic (exact) mass is 416 g/mol. The number of hydrogen-bond donors (Lipinski definition) is 1. The van der Waals surface area contributed by atoms with Gasteiger partial charge in [-0.2, -0.15) is 0 Å². The van der Waals surface area contributed by atoms with Gasteiger partial charge in [-0.1, -0.05) is 24.2 Å². The van der Waals surface area contributed by atoms with Crippen molar-refractivity contribution < 1.29 is 19.1 Å². The first-order chi connectivity index (χ1) is 14.1. The highest BCUT2D eigenvalue weighted by molar-refractivity contribution is 7.15. The van der Waals surface area contributed by atoms with Crippen molar-refractivity contribution >= 4 is 34.0 Å².